The Morgan fingerprint density at radius 2 is 2.05 bits per heavy atom. The first kappa shape index (κ1) is 17.1. The number of nitrogens with one attached hydrogen (secondary N) is 1. The largest absolute Gasteiger partial charge is 0.342 e. The minimum atomic E-state index is -0.429. The molecule has 2 unspecified atom stereocenters. The van der Waals surface area contributed by atoms with Crippen LogP contribution in [0.2, 0.25) is 0 Å². The number of carbonyl (C=O) groups excluding carboxylic acids is 2. The van der Waals surface area contributed by atoms with Gasteiger partial charge in [-0.25, -0.2) is 0 Å². The second kappa shape index (κ2) is 7.16. The van der Waals surface area contributed by atoms with E-state index in [2.05, 4.69) is 11.9 Å². The molecule has 5 heteroatoms. The number of thioether (sulfide) groups is 1. The number of piperazine rings is 1. The van der Waals surface area contributed by atoms with Gasteiger partial charge in [0.15, 0.2) is 0 Å². The molecule has 1 heterocycles. The molecule has 2 atom stereocenters. The summed E-state index contributed by atoms with van der Waals surface area (Å²) < 4.78 is 0. The topological polar surface area (TPSA) is 49.4 Å². The third-order valence-corrected chi connectivity index (χ3v) is 4.40. The Bertz CT molecular complexity index is 377. The predicted molar refractivity (Wildman–Crippen MR) is 84.7 cm³/mol. The van der Waals surface area contributed by atoms with E-state index in [9.17, 15) is 9.59 Å². The van der Waals surface area contributed by atoms with E-state index in [1.807, 2.05) is 33.8 Å². The van der Waals surface area contributed by atoms with Gasteiger partial charge >= 0.3 is 0 Å². The van der Waals surface area contributed by atoms with Crippen LogP contribution in [-0.2, 0) is 9.59 Å². The fourth-order valence-electron chi connectivity index (χ4n) is 2.35. The zero-order chi connectivity index (χ0) is 15.3. The van der Waals surface area contributed by atoms with Crippen LogP contribution in [0.15, 0.2) is 12.7 Å². The lowest BCUT2D eigenvalue weighted by atomic mass is 9.83. The van der Waals surface area contributed by atoms with Gasteiger partial charge in [0.2, 0.25) is 11.8 Å². The fourth-order valence-corrected chi connectivity index (χ4v) is 3.01. The van der Waals surface area contributed by atoms with E-state index in [0.29, 0.717) is 13.0 Å². The van der Waals surface area contributed by atoms with E-state index in [1.54, 1.807) is 16.7 Å². The van der Waals surface area contributed by atoms with Crippen molar-refractivity contribution in [3.05, 3.63) is 12.7 Å². The lowest BCUT2D eigenvalue weighted by molar-refractivity contribution is -0.152. The lowest BCUT2D eigenvalue weighted by Crippen LogP contribution is -2.66. The van der Waals surface area contributed by atoms with Crippen LogP contribution in [0.4, 0.5) is 0 Å². The molecule has 0 aromatic rings. The standard InChI is InChI=1S/C15H26N2O2S/c1-6-9-20-10-8-17-11(7-2)13(18)16-12(14(17)19)15(3,4)5/h6,11-12H,1,7-10H2,2-5H3,(H,16,18). The van der Waals surface area contributed by atoms with Crippen molar-refractivity contribution < 1.29 is 9.59 Å². The van der Waals surface area contributed by atoms with Gasteiger partial charge in [-0.15, -0.1) is 6.58 Å². The smallest absolute Gasteiger partial charge is 0.246 e. The van der Waals surface area contributed by atoms with Gasteiger partial charge in [-0.1, -0.05) is 33.8 Å². The predicted octanol–water partition coefficient (Wildman–Crippen LogP) is 2.06. The quantitative estimate of drug-likeness (QED) is 0.603. The zero-order valence-electron chi connectivity index (χ0n) is 12.9. The van der Waals surface area contributed by atoms with Crippen molar-refractivity contribution in [3.63, 3.8) is 0 Å². The summed E-state index contributed by atoms with van der Waals surface area (Å²) in [7, 11) is 0. The van der Waals surface area contributed by atoms with Gasteiger partial charge < -0.3 is 10.2 Å². The molecular formula is C15H26N2O2S. The lowest BCUT2D eigenvalue weighted by Gasteiger charge is -2.43. The van der Waals surface area contributed by atoms with Crippen molar-refractivity contribution in [1.29, 1.82) is 0 Å². The number of nitrogens with zero attached hydrogens (tertiary/aromatic N) is 1. The van der Waals surface area contributed by atoms with Crippen molar-refractivity contribution in [2.45, 2.75) is 46.2 Å². The first-order chi connectivity index (χ1) is 9.32. The van der Waals surface area contributed by atoms with Crippen LogP contribution in [-0.4, -0.2) is 46.8 Å². The van der Waals surface area contributed by atoms with Gasteiger partial charge in [0.1, 0.15) is 12.1 Å². The monoisotopic (exact) mass is 298 g/mol. The second-order valence-electron chi connectivity index (χ2n) is 6.13. The molecule has 1 aliphatic heterocycles. The summed E-state index contributed by atoms with van der Waals surface area (Å²) >= 11 is 1.73. The molecule has 0 spiro atoms. The molecule has 2 amide bonds. The minimum absolute atomic E-state index is 0.0271. The van der Waals surface area contributed by atoms with Gasteiger partial charge in [0.05, 0.1) is 0 Å². The van der Waals surface area contributed by atoms with E-state index in [1.165, 1.54) is 0 Å². The minimum Gasteiger partial charge on any atom is -0.342 e. The molecule has 0 aromatic carbocycles. The maximum absolute atomic E-state index is 12.6. The molecule has 0 radical (unpaired) electrons. The maximum Gasteiger partial charge on any atom is 0.246 e. The highest BCUT2D eigenvalue weighted by molar-refractivity contribution is 7.99. The Labute approximate surface area is 126 Å². The Kier molecular flexibility index (Phi) is 6.11. The van der Waals surface area contributed by atoms with E-state index >= 15 is 0 Å². The number of rotatable bonds is 6. The van der Waals surface area contributed by atoms with E-state index in [4.69, 9.17) is 0 Å². The average Bonchev–Trinajstić information content (AvgIpc) is 2.36. The van der Waals surface area contributed by atoms with Gasteiger partial charge in [-0.3, -0.25) is 9.59 Å². The van der Waals surface area contributed by atoms with Crippen LogP contribution in [0.1, 0.15) is 34.1 Å². The molecule has 0 aromatic heterocycles. The van der Waals surface area contributed by atoms with Crippen LogP contribution in [0, 0.1) is 5.41 Å². The SMILES string of the molecule is C=CCSCCN1C(=O)C(C(C)(C)C)NC(=O)C1CC. The summed E-state index contributed by atoms with van der Waals surface area (Å²) in [4.78, 5) is 26.6. The van der Waals surface area contributed by atoms with Crippen molar-refractivity contribution in [1.82, 2.24) is 10.2 Å². The summed E-state index contributed by atoms with van der Waals surface area (Å²) in [5, 5.41) is 2.89. The van der Waals surface area contributed by atoms with E-state index in [-0.39, 0.29) is 23.3 Å². The summed E-state index contributed by atoms with van der Waals surface area (Å²) in [6.45, 7) is 12.2. The van der Waals surface area contributed by atoms with E-state index < -0.39 is 6.04 Å². The number of hydrogen-bond acceptors (Lipinski definition) is 3. The van der Waals surface area contributed by atoms with Gasteiger partial charge in [0, 0.05) is 18.1 Å². The number of carbonyl (C=O) groups is 2. The van der Waals surface area contributed by atoms with Gasteiger partial charge in [-0.2, -0.15) is 11.8 Å². The first-order valence-corrected chi connectivity index (χ1v) is 8.27. The highest BCUT2D eigenvalue weighted by Crippen LogP contribution is 2.26. The van der Waals surface area contributed by atoms with Crippen LogP contribution >= 0.6 is 11.8 Å². The molecule has 0 bridgehead atoms. The summed E-state index contributed by atoms with van der Waals surface area (Å²) in [5.41, 5.74) is -0.266. The van der Waals surface area contributed by atoms with Gasteiger partial charge in [-0.05, 0) is 11.8 Å². The molecule has 114 valence electrons. The third kappa shape index (κ3) is 4.01. The van der Waals surface area contributed by atoms with Crippen molar-refractivity contribution >= 4 is 23.6 Å². The third-order valence-electron chi connectivity index (χ3n) is 3.46. The van der Waals surface area contributed by atoms with Gasteiger partial charge in [0.25, 0.3) is 0 Å². The molecule has 0 saturated carbocycles. The molecule has 20 heavy (non-hydrogen) atoms. The molecule has 1 rings (SSSR count). The van der Waals surface area contributed by atoms with Crippen molar-refractivity contribution in [2.75, 3.05) is 18.1 Å². The molecule has 0 aliphatic carbocycles. The van der Waals surface area contributed by atoms with Crippen molar-refractivity contribution in [3.8, 4) is 0 Å². The Morgan fingerprint density at radius 3 is 2.55 bits per heavy atom. The molecule has 1 saturated heterocycles. The Morgan fingerprint density at radius 1 is 1.40 bits per heavy atom. The first-order valence-electron chi connectivity index (χ1n) is 7.12. The van der Waals surface area contributed by atoms with Crippen LogP contribution in [0.25, 0.3) is 0 Å². The second-order valence-corrected chi connectivity index (χ2v) is 7.28. The number of amides is 2. The Balaban J connectivity index is 2.81. The summed E-state index contributed by atoms with van der Waals surface area (Å²) in [6, 6.07) is -0.757. The zero-order valence-corrected chi connectivity index (χ0v) is 13.8. The molecule has 1 aliphatic rings. The maximum atomic E-state index is 12.6. The van der Waals surface area contributed by atoms with Crippen LogP contribution < -0.4 is 5.32 Å². The molecular weight excluding hydrogens is 272 g/mol. The molecule has 1 N–H and O–H groups in total. The average molecular weight is 298 g/mol. The highest BCUT2D eigenvalue weighted by Gasteiger charge is 2.44. The van der Waals surface area contributed by atoms with Crippen LogP contribution in [0.3, 0.4) is 0 Å². The fraction of sp³-hybridized carbons (Fsp3) is 0.733. The summed E-state index contributed by atoms with van der Waals surface area (Å²) in [6.07, 6.45) is 2.51. The normalized spacial score (nSPS) is 23.7. The summed E-state index contributed by atoms with van der Waals surface area (Å²) in [5.74, 6) is 1.72. The molecule has 1 fully saturated rings. The Hall–Kier alpha value is -0.970. The molecule has 4 nitrogen and oxygen atoms in total. The van der Waals surface area contributed by atoms with Crippen molar-refractivity contribution in [2.24, 2.45) is 5.41 Å². The van der Waals surface area contributed by atoms with E-state index in [0.717, 1.165) is 11.5 Å². The number of hydrogen-bond donors (Lipinski definition) is 1. The van der Waals surface area contributed by atoms with Crippen LogP contribution in [0.5, 0.6) is 0 Å². The highest BCUT2D eigenvalue weighted by atomic mass is 32.2.